The molecule has 0 bridgehead atoms. The molecule has 1 aliphatic carbocycles. The third kappa shape index (κ3) is 3.49. The Kier molecular flexibility index (Phi) is 4.46. The molecule has 2 aromatic rings. The Morgan fingerprint density at radius 2 is 2.12 bits per heavy atom. The molecular weight excluding hydrogens is 310 g/mol. The zero-order valence-electron chi connectivity index (χ0n) is 14.3. The fourth-order valence-corrected chi connectivity index (χ4v) is 3.03. The van der Waals surface area contributed by atoms with Gasteiger partial charge in [-0.2, -0.15) is 5.26 Å². The zero-order chi connectivity index (χ0) is 18.0. The van der Waals surface area contributed by atoms with E-state index in [0.29, 0.717) is 17.3 Å². The number of rotatable bonds is 4. The van der Waals surface area contributed by atoms with Gasteiger partial charge in [-0.05, 0) is 62.6 Å². The standard InChI is InChI=1S/C21H19N3O/c1-4-16-6-5-7-19(11-16)23-21(25)18(13-22)12-17-10-14(2)24(15(17)3)20-8-9-20/h1,5-7,10-12,20H,8-9H2,2-3H3,(H,23,25)/b18-12+. The van der Waals surface area contributed by atoms with Crippen molar-refractivity contribution in [3.63, 3.8) is 0 Å². The first kappa shape index (κ1) is 16.6. The van der Waals surface area contributed by atoms with Gasteiger partial charge in [-0.1, -0.05) is 12.0 Å². The number of amides is 1. The van der Waals surface area contributed by atoms with Crippen LogP contribution in [0.1, 0.15) is 41.4 Å². The molecule has 0 unspecified atom stereocenters. The number of nitriles is 1. The number of nitrogens with one attached hydrogen (secondary N) is 1. The third-order valence-electron chi connectivity index (χ3n) is 4.39. The number of aromatic nitrogens is 1. The van der Waals surface area contributed by atoms with Gasteiger partial charge in [-0.3, -0.25) is 4.79 Å². The van der Waals surface area contributed by atoms with E-state index >= 15 is 0 Å². The lowest BCUT2D eigenvalue weighted by Gasteiger charge is -2.07. The van der Waals surface area contributed by atoms with Crippen LogP contribution in [0.3, 0.4) is 0 Å². The molecular formula is C21H19N3O. The number of terminal acetylenes is 1. The molecule has 1 aromatic heterocycles. The number of anilines is 1. The average Bonchev–Trinajstić information content (AvgIpc) is 3.39. The van der Waals surface area contributed by atoms with Gasteiger partial charge in [0.15, 0.2) is 0 Å². The van der Waals surface area contributed by atoms with Crippen LogP contribution in [0.2, 0.25) is 0 Å². The van der Waals surface area contributed by atoms with Gasteiger partial charge in [0.1, 0.15) is 11.6 Å². The van der Waals surface area contributed by atoms with E-state index in [4.69, 9.17) is 6.42 Å². The largest absolute Gasteiger partial charge is 0.346 e. The molecule has 1 heterocycles. The van der Waals surface area contributed by atoms with Gasteiger partial charge in [0.05, 0.1) is 0 Å². The molecule has 0 saturated heterocycles. The molecule has 4 nitrogen and oxygen atoms in total. The van der Waals surface area contributed by atoms with E-state index < -0.39 is 5.91 Å². The molecule has 1 amide bonds. The second-order valence-corrected chi connectivity index (χ2v) is 6.28. The first-order valence-electron chi connectivity index (χ1n) is 8.21. The van der Waals surface area contributed by atoms with Crippen molar-refractivity contribution in [2.75, 3.05) is 5.32 Å². The molecule has 1 saturated carbocycles. The maximum Gasteiger partial charge on any atom is 0.266 e. The van der Waals surface area contributed by atoms with Crippen molar-refractivity contribution < 1.29 is 4.79 Å². The van der Waals surface area contributed by atoms with E-state index in [2.05, 4.69) is 22.7 Å². The molecule has 1 N–H and O–H groups in total. The Balaban J connectivity index is 1.85. The number of carbonyl (C=O) groups excluding carboxylic acids is 1. The molecule has 0 radical (unpaired) electrons. The highest BCUT2D eigenvalue weighted by Gasteiger charge is 2.26. The van der Waals surface area contributed by atoms with Gasteiger partial charge >= 0.3 is 0 Å². The van der Waals surface area contributed by atoms with Crippen LogP contribution in [0.4, 0.5) is 5.69 Å². The van der Waals surface area contributed by atoms with Crippen molar-refractivity contribution in [2.24, 2.45) is 0 Å². The van der Waals surface area contributed by atoms with Gasteiger partial charge in [0, 0.05) is 28.7 Å². The summed E-state index contributed by atoms with van der Waals surface area (Å²) in [4.78, 5) is 12.4. The van der Waals surface area contributed by atoms with E-state index in [1.165, 1.54) is 12.8 Å². The topological polar surface area (TPSA) is 57.8 Å². The number of hydrogen-bond acceptors (Lipinski definition) is 2. The summed E-state index contributed by atoms with van der Waals surface area (Å²) in [6.07, 6.45) is 9.41. The van der Waals surface area contributed by atoms with Crippen molar-refractivity contribution in [1.82, 2.24) is 4.57 Å². The smallest absolute Gasteiger partial charge is 0.266 e. The van der Waals surface area contributed by atoms with Gasteiger partial charge in [0.25, 0.3) is 5.91 Å². The Bertz CT molecular complexity index is 946. The second kappa shape index (κ2) is 6.71. The van der Waals surface area contributed by atoms with Crippen molar-refractivity contribution >= 4 is 17.7 Å². The fraction of sp³-hybridized carbons (Fsp3) is 0.238. The van der Waals surface area contributed by atoms with E-state index in [1.807, 2.05) is 19.1 Å². The minimum Gasteiger partial charge on any atom is -0.346 e. The summed E-state index contributed by atoms with van der Waals surface area (Å²) in [7, 11) is 0. The van der Waals surface area contributed by atoms with E-state index in [9.17, 15) is 10.1 Å². The van der Waals surface area contributed by atoms with Gasteiger partial charge in [-0.25, -0.2) is 0 Å². The summed E-state index contributed by atoms with van der Waals surface area (Å²) in [5.74, 6) is 2.09. The van der Waals surface area contributed by atoms with Crippen LogP contribution in [-0.2, 0) is 4.79 Å². The Labute approximate surface area is 147 Å². The monoisotopic (exact) mass is 329 g/mol. The Morgan fingerprint density at radius 3 is 2.76 bits per heavy atom. The van der Waals surface area contributed by atoms with E-state index in [1.54, 1.807) is 30.3 Å². The lowest BCUT2D eigenvalue weighted by Crippen LogP contribution is -2.13. The Morgan fingerprint density at radius 1 is 1.36 bits per heavy atom. The molecule has 0 spiro atoms. The Hall–Kier alpha value is -3.24. The number of aryl methyl sites for hydroxylation is 1. The van der Waals surface area contributed by atoms with Crippen LogP contribution >= 0.6 is 0 Å². The fourth-order valence-electron chi connectivity index (χ4n) is 3.03. The van der Waals surface area contributed by atoms with Gasteiger partial charge in [0.2, 0.25) is 0 Å². The predicted molar refractivity (Wildman–Crippen MR) is 98.8 cm³/mol. The maximum absolute atomic E-state index is 12.4. The lowest BCUT2D eigenvalue weighted by atomic mass is 10.1. The first-order chi connectivity index (χ1) is 12.0. The summed E-state index contributed by atoms with van der Waals surface area (Å²) in [5.41, 5.74) is 4.48. The van der Waals surface area contributed by atoms with E-state index in [0.717, 1.165) is 17.0 Å². The van der Waals surface area contributed by atoms with Gasteiger partial charge < -0.3 is 9.88 Å². The molecule has 3 rings (SSSR count). The first-order valence-corrected chi connectivity index (χ1v) is 8.21. The van der Waals surface area contributed by atoms with Crippen LogP contribution in [0.15, 0.2) is 35.9 Å². The van der Waals surface area contributed by atoms with Crippen LogP contribution in [0, 0.1) is 37.5 Å². The molecule has 124 valence electrons. The number of benzene rings is 1. The number of nitrogens with zero attached hydrogens (tertiary/aromatic N) is 2. The van der Waals surface area contributed by atoms with Crippen LogP contribution in [-0.4, -0.2) is 10.5 Å². The molecule has 4 heteroatoms. The van der Waals surface area contributed by atoms with Crippen molar-refractivity contribution in [2.45, 2.75) is 32.7 Å². The minimum atomic E-state index is -0.437. The summed E-state index contributed by atoms with van der Waals surface area (Å²) >= 11 is 0. The summed E-state index contributed by atoms with van der Waals surface area (Å²) in [5, 5.41) is 12.1. The van der Waals surface area contributed by atoms with Crippen LogP contribution in [0.5, 0.6) is 0 Å². The quantitative estimate of drug-likeness (QED) is 0.524. The van der Waals surface area contributed by atoms with Crippen molar-refractivity contribution in [3.8, 4) is 18.4 Å². The third-order valence-corrected chi connectivity index (χ3v) is 4.39. The SMILES string of the molecule is C#Cc1cccc(NC(=O)/C(C#N)=C/c2cc(C)n(C3CC3)c2C)c1. The van der Waals surface area contributed by atoms with Crippen LogP contribution in [0.25, 0.3) is 6.08 Å². The zero-order valence-corrected chi connectivity index (χ0v) is 14.3. The normalized spacial score (nSPS) is 13.8. The molecule has 25 heavy (non-hydrogen) atoms. The van der Waals surface area contributed by atoms with E-state index in [-0.39, 0.29) is 5.57 Å². The summed E-state index contributed by atoms with van der Waals surface area (Å²) in [6.45, 7) is 4.08. The molecule has 1 aromatic carbocycles. The molecule has 1 fully saturated rings. The predicted octanol–water partition coefficient (Wildman–Crippen LogP) is 3.97. The van der Waals surface area contributed by atoms with Gasteiger partial charge in [-0.15, -0.1) is 6.42 Å². The number of hydrogen-bond donors (Lipinski definition) is 1. The summed E-state index contributed by atoms with van der Waals surface area (Å²) < 4.78 is 2.29. The molecule has 1 aliphatic rings. The highest BCUT2D eigenvalue weighted by atomic mass is 16.1. The lowest BCUT2D eigenvalue weighted by molar-refractivity contribution is -0.112. The molecule has 0 aliphatic heterocycles. The second-order valence-electron chi connectivity index (χ2n) is 6.28. The maximum atomic E-state index is 12.4. The number of carbonyl (C=O) groups is 1. The van der Waals surface area contributed by atoms with Crippen molar-refractivity contribution in [3.05, 3.63) is 58.4 Å². The average molecular weight is 329 g/mol. The minimum absolute atomic E-state index is 0.0714. The van der Waals surface area contributed by atoms with Crippen molar-refractivity contribution in [1.29, 1.82) is 5.26 Å². The summed E-state index contributed by atoms with van der Waals surface area (Å²) in [6, 6.07) is 11.6. The highest BCUT2D eigenvalue weighted by Crippen LogP contribution is 2.38. The molecule has 0 atom stereocenters. The highest BCUT2D eigenvalue weighted by molar-refractivity contribution is 6.09. The van der Waals surface area contributed by atoms with Crippen LogP contribution < -0.4 is 5.32 Å².